The van der Waals surface area contributed by atoms with Gasteiger partial charge in [-0.2, -0.15) is 5.26 Å². The third-order valence-corrected chi connectivity index (χ3v) is 3.61. The SMILES string of the molecule is C=CCOc1ccc(/C=C(/C#N)C(=O)Nc2ccccc2C)cc1OC. The Morgan fingerprint density at radius 2 is 2.04 bits per heavy atom. The van der Waals surface area contributed by atoms with Gasteiger partial charge in [0.25, 0.3) is 5.91 Å². The zero-order valence-electron chi connectivity index (χ0n) is 14.8. The predicted octanol–water partition coefficient (Wildman–Crippen LogP) is 4.11. The van der Waals surface area contributed by atoms with Crippen molar-refractivity contribution in [3.05, 3.63) is 71.8 Å². The van der Waals surface area contributed by atoms with Crippen LogP contribution in [0.2, 0.25) is 0 Å². The van der Waals surface area contributed by atoms with Crippen LogP contribution in [0, 0.1) is 18.3 Å². The number of anilines is 1. The zero-order valence-corrected chi connectivity index (χ0v) is 14.8. The van der Waals surface area contributed by atoms with Crippen LogP contribution in [0.4, 0.5) is 5.69 Å². The molecule has 2 aromatic carbocycles. The number of nitriles is 1. The molecule has 1 N–H and O–H groups in total. The monoisotopic (exact) mass is 348 g/mol. The lowest BCUT2D eigenvalue weighted by molar-refractivity contribution is -0.112. The third-order valence-electron chi connectivity index (χ3n) is 3.61. The first kappa shape index (κ1) is 18.8. The second-order valence-electron chi connectivity index (χ2n) is 5.45. The number of rotatable bonds is 7. The van der Waals surface area contributed by atoms with Gasteiger partial charge in [-0.3, -0.25) is 4.79 Å². The van der Waals surface area contributed by atoms with Gasteiger partial charge in [-0.05, 0) is 42.3 Å². The van der Waals surface area contributed by atoms with Crippen molar-refractivity contribution in [3.63, 3.8) is 0 Å². The third kappa shape index (κ3) is 4.74. The van der Waals surface area contributed by atoms with Crippen molar-refractivity contribution in [2.75, 3.05) is 19.0 Å². The number of carbonyl (C=O) groups is 1. The van der Waals surface area contributed by atoms with E-state index in [0.29, 0.717) is 29.4 Å². The molecule has 1 amide bonds. The summed E-state index contributed by atoms with van der Waals surface area (Å²) in [7, 11) is 1.53. The van der Waals surface area contributed by atoms with E-state index in [1.807, 2.05) is 31.2 Å². The Kier molecular flexibility index (Phi) is 6.58. The van der Waals surface area contributed by atoms with Crippen molar-refractivity contribution in [3.8, 4) is 17.6 Å². The molecular formula is C21H20N2O3. The summed E-state index contributed by atoms with van der Waals surface area (Å²) in [5.41, 5.74) is 2.24. The predicted molar refractivity (Wildman–Crippen MR) is 102 cm³/mol. The lowest BCUT2D eigenvalue weighted by Gasteiger charge is -2.10. The van der Waals surface area contributed by atoms with Crippen LogP contribution in [0.1, 0.15) is 11.1 Å². The highest BCUT2D eigenvalue weighted by Gasteiger charge is 2.12. The Morgan fingerprint density at radius 1 is 1.27 bits per heavy atom. The molecule has 0 aliphatic heterocycles. The maximum Gasteiger partial charge on any atom is 0.266 e. The van der Waals surface area contributed by atoms with Crippen LogP contribution in [0.25, 0.3) is 6.08 Å². The summed E-state index contributed by atoms with van der Waals surface area (Å²) in [6.07, 6.45) is 3.14. The number of hydrogen-bond donors (Lipinski definition) is 1. The smallest absolute Gasteiger partial charge is 0.266 e. The number of aryl methyl sites for hydroxylation is 1. The molecule has 26 heavy (non-hydrogen) atoms. The number of para-hydroxylation sites is 1. The number of hydrogen-bond acceptors (Lipinski definition) is 4. The maximum absolute atomic E-state index is 12.4. The van der Waals surface area contributed by atoms with Gasteiger partial charge in [0.15, 0.2) is 11.5 Å². The molecule has 132 valence electrons. The van der Waals surface area contributed by atoms with Gasteiger partial charge >= 0.3 is 0 Å². The van der Waals surface area contributed by atoms with Crippen LogP contribution in [0.3, 0.4) is 0 Å². The van der Waals surface area contributed by atoms with Gasteiger partial charge in [0, 0.05) is 5.69 Å². The molecule has 0 atom stereocenters. The van der Waals surface area contributed by atoms with Gasteiger partial charge in [0.2, 0.25) is 0 Å². The highest BCUT2D eigenvalue weighted by atomic mass is 16.5. The van der Waals surface area contributed by atoms with Crippen LogP contribution in [0.15, 0.2) is 60.7 Å². The highest BCUT2D eigenvalue weighted by Crippen LogP contribution is 2.29. The summed E-state index contributed by atoms with van der Waals surface area (Å²) < 4.78 is 10.8. The van der Waals surface area contributed by atoms with Gasteiger partial charge in [-0.25, -0.2) is 0 Å². The number of carbonyl (C=O) groups excluding carboxylic acids is 1. The normalized spacial score (nSPS) is 10.6. The summed E-state index contributed by atoms with van der Waals surface area (Å²) in [5.74, 6) is 0.609. The molecule has 0 aliphatic carbocycles. The van der Waals surface area contributed by atoms with Gasteiger partial charge < -0.3 is 14.8 Å². The van der Waals surface area contributed by atoms with E-state index in [4.69, 9.17) is 9.47 Å². The maximum atomic E-state index is 12.4. The molecule has 0 heterocycles. The second-order valence-corrected chi connectivity index (χ2v) is 5.45. The lowest BCUT2D eigenvalue weighted by Crippen LogP contribution is -2.14. The van der Waals surface area contributed by atoms with E-state index >= 15 is 0 Å². The minimum atomic E-state index is -0.465. The Labute approximate surface area is 153 Å². The standard InChI is InChI=1S/C21H20N2O3/c1-4-11-26-19-10-9-16(13-20(19)25-3)12-17(14-22)21(24)23-18-8-6-5-7-15(18)2/h4-10,12-13H,1,11H2,2-3H3,(H,23,24)/b17-12-. The first-order chi connectivity index (χ1) is 12.6. The van der Waals surface area contributed by atoms with Crippen molar-refractivity contribution in [2.45, 2.75) is 6.92 Å². The molecule has 5 heteroatoms. The number of methoxy groups -OCH3 is 1. The molecule has 0 unspecified atom stereocenters. The van der Waals surface area contributed by atoms with Crippen LogP contribution >= 0.6 is 0 Å². The van der Waals surface area contributed by atoms with E-state index in [-0.39, 0.29) is 5.57 Å². The fourth-order valence-electron chi connectivity index (χ4n) is 2.26. The molecule has 0 saturated carbocycles. The quantitative estimate of drug-likeness (QED) is 0.464. The van der Waals surface area contributed by atoms with Crippen LogP contribution in [-0.2, 0) is 4.79 Å². The van der Waals surface area contributed by atoms with Crippen molar-refractivity contribution in [1.82, 2.24) is 0 Å². The van der Waals surface area contributed by atoms with E-state index in [1.165, 1.54) is 13.2 Å². The summed E-state index contributed by atoms with van der Waals surface area (Å²) in [4.78, 5) is 12.4. The molecule has 0 aliphatic rings. The average Bonchev–Trinajstić information content (AvgIpc) is 2.66. The first-order valence-electron chi connectivity index (χ1n) is 7.99. The van der Waals surface area contributed by atoms with Crippen molar-refractivity contribution in [1.29, 1.82) is 5.26 Å². The van der Waals surface area contributed by atoms with Crippen LogP contribution in [0.5, 0.6) is 11.5 Å². The topological polar surface area (TPSA) is 71.3 Å². The van der Waals surface area contributed by atoms with E-state index in [0.717, 1.165) is 5.56 Å². The van der Waals surface area contributed by atoms with E-state index < -0.39 is 5.91 Å². The van der Waals surface area contributed by atoms with Gasteiger partial charge in [-0.15, -0.1) is 0 Å². The van der Waals surface area contributed by atoms with Gasteiger partial charge in [0.05, 0.1) is 7.11 Å². The Balaban J connectivity index is 2.25. The van der Waals surface area contributed by atoms with Gasteiger partial charge in [0.1, 0.15) is 18.2 Å². The molecule has 0 spiro atoms. The van der Waals surface area contributed by atoms with Crippen LogP contribution < -0.4 is 14.8 Å². The highest BCUT2D eigenvalue weighted by molar-refractivity contribution is 6.10. The fraction of sp³-hybridized carbons (Fsp3) is 0.143. The van der Waals surface area contributed by atoms with Crippen molar-refractivity contribution < 1.29 is 14.3 Å². The number of amides is 1. The lowest BCUT2D eigenvalue weighted by atomic mass is 10.1. The van der Waals surface area contributed by atoms with Crippen molar-refractivity contribution in [2.24, 2.45) is 0 Å². The molecule has 0 fully saturated rings. The van der Waals surface area contributed by atoms with E-state index in [1.54, 1.807) is 30.3 Å². The van der Waals surface area contributed by atoms with Crippen molar-refractivity contribution >= 4 is 17.7 Å². The average molecular weight is 348 g/mol. The van der Waals surface area contributed by atoms with E-state index in [9.17, 15) is 10.1 Å². The number of ether oxygens (including phenoxy) is 2. The molecule has 0 saturated heterocycles. The Morgan fingerprint density at radius 3 is 2.69 bits per heavy atom. The summed E-state index contributed by atoms with van der Waals surface area (Å²) in [6, 6.07) is 14.5. The minimum Gasteiger partial charge on any atom is -0.493 e. The number of nitrogens with zero attached hydrogens (tertiary/aromatic N) is 1. The molecule has 2 aromatic rings. The number of benzene rings is 2. The molecule has 5 nitrogen and oxygen atoms in total. The first-order valence-corrected chi connectivity index (χ1v) is 7.99. The summed E-state index contributed by atoms with van der Waals surface area (Å²) in [5, 5.41) is 12.1. The largest absolute Gasteiger partial charge is 0.493 e. The molecular weight excluding hydrogens is 328 g/mol. The number of nitrogens with one attached hydrogen (secondary N) is 1. The van der Waals surface area contributed by atoms with Crippen LogP contribution in [-0.4, -0.2) is 19.6 Å². The summed E-state index contributed by atoms with van der Waals surface area (Å²) in [6.45, 7) is 5.85. The Hall–Kier alpha value is -3.52. The second kappa shape index (κ2) is 9.09. The summed E-state index contributed by atoms with van der Waals surface area (Å²) >= 11 is 0. The fourth-order valence-corrected chi connectivity index (χ4v) is 2.26. The molecule has 0 radical (unpaired) electrons. The molecule has 2 rings (SSSR count). The zero-order chi connectivity index (χ0) is 18.9. The minimum absolute atomic E-state index is 0.00457. The van der Waals surface area contributed by atoms with E-state index in [2.05, 4.69) is 11.9 Å². The van der Waals surface area contributed by atoms with Gasteiger partial charge in [-0.1, -0.05) is 36.9 Å². The molecule has 0 aromatic heterocycles. The Bertz CT molecular complexity index is 879. The molecule has 0 bridgehead atoms.